The molecule has 0 aromatic rings. The highest BCUT2D eigenvalue weighted by molar-refractivity contribution is 5.18. The summed E-state index contributed by atoms with van der Waals surface area (Å²) < 4.78 is 11.1. The van der Waals surface area contributed by atoms with Gasteiger partial charge >= 0.3 is 0 Å². The van der Waals surface area contributed by atoms with Gasteiger partial charge in [0.1, 0.15) is 11.9 Å². The lowest BCUT2D eigenvalue weighted by molar-refractivity contribution is -0.0193. The van der Waals surface area contributed by atoms with Gasteiger partial charge in [-0.15, -0.1) is 0 Å². The number of ether oxygens (including phenoxy) is 2. The molecule has 0 amide bonds. The van der Waals surface area contributed by atoms with Gasteiger partial charge in [-0.25, -0.2) is 0 Å². The molecule has 14 heavy (non-hydrogen) atoms. The summed E-state index contributed by atoms with van der Waals surface area (Å²) >= 11 is 0. The number of hydrogen-bond acceptors (Lipinski definition) is 2. The van der Waals surface area contributed by atoms with Crippen LogP contribution in [0.2, 0.25) is 0 Å². The second-order valence-electron chi connectivity index (χ2n) is 4.46. The van der Waals surface area contributed by atoms with Crippen molar-refractivity contribution in [2.24, 2.45) is 11.8 Å². The number of hydrogen-bond donors (Lipinski definition) is 0. The van der Waals surface area contributed by atoms with Crippen molar-refractivity contribution in [3.63, 3.8) is 0 Å². The predicted molar refractivity (Wildman–Crippen MR) is 57.5 cm³/mol. The lowest BCUT2D eigenvalue weighted by Crippen LogP contribution is -2.28. The van der Waals surface area contributed by atoms with Crippen LogP contribution in [0.25, 0.3) is 0 Å². The zero-order chi connectivity index (χ0) is 10.9. The monoisotopic (exact) mass is 196 g/mol. The van der Waals surface area contributed by atoms with Gasteiger partial charge in [-0.2, -0.15) is 0 Å². The van der Waals surface area contributed by atoms with Crippen LogP contribution >= 0.6 is 0 Å². The van der Waals surface area contributed by atoms with Crippen molar-refractivity contribution in [2.75, 3.05) is 0 Å². The SMILES string of the molecule is C=C1OC(C(C)C)=C(C)C(C(C)C)O1. The third-order valence-corrected chi connectivity index (χ3v) is 2.43. The summed E-state index contributed by atoms with van der Waals surface area (Å²) in [6.45, 7) is 14.3. The summed E-state index contributed by atoms with van der Waals surface area (Å²) in [6, 6.07) is 0. The first-order valence-electron chi connectivity index (χ1n) is 5.17. The molecule has 2 nitrogen and oxygen atoms in total. The Morgan fingerprint density at radius 1 is 1.21 bits per heavy atom. The van der Waals surface area contributed by atoms with E-state index in [0.29, 0.717) is 17.8 Å². The third kappa shape index (κ3) is 2.11. The van der Waals surface area contributed by atoms with Crippen LogP contribution in [0.3, 0.4) is 0 Å². The van der Waals surface area contributed by atoms with Gasteiger partial charge in [-0.3, -0.25) is 0 Å². The largest absolute Gasteiger partial charge is 0.457 e. The molecule has 2 heteroatoms. The van der Waals surface area contributed by atoms with Crippen molar-refractivity contribution in [3.05, 3.63) is 23.9 Å². The van der Waals surface area contributed by atoms with E-state index >= 15 is 0 Å². The maximum Gasteiger partial charge on any atom is 0.277 e. The molecule has 1 rings (SSSR count). The summed E-state index contributed by atoms with van der Waals surface area (Å²) in [4.78, 5) is 0. The van der Waals surface area contributed by atoms with Crippen molar-refractivity contribution in [1.29, 1.82) is 0 Å². The minimum absolute atomic E-state index is 0.119. The minimum atomic E-state index is 0.119. The van der Waals surface area contributed by atoms with Crippen LogP contribution in [0.15, 0.2) is 23.9 Å². The van der Waals surface area contributed by atoms with E-state index in [9.17, 15) is 0 Å². The molecule has 1 aliphatic rings. The maximum atomic E-state index is 5.57. The summed E-state index contributed by atoms with van der Waals surface area (Å²) in [5.41, 5.74) is 1.20. The van der Waals surface area contributed by atoms with Crippen LogP contribution in [0.4, 0.5) is 0 Å². The molecule has 1 heterocycles. The fraction of sp³-hybridized carbons (Fsp3) is 0.667. The first-order chi connectivity index (χ1) is 6.43. The molecule has 0 fully saturated rings. The van der Waals surface area contributed by atoms with Crippen LogP contribution in [0.1, 0.15) is 34.6 Å². The maximum absolute atomic E-state index is 5.57. The van der Waals surface area contributed by atoms with Crippen LogP contribution in [0.5, 0.6) is 0 Å². The van der Waals surface area contributed by atoms with Gasteiger partial charge in [0.15, 0.2) is 0 Å². The van der Waals surface area contributed by atoms with Gasteiger partial charge in [-0.05, 0) is 19.4 Å². The van der Waals surface area contributed by atoms with Gasteiger partial charge in [-0.1, -0.05) is 27.7 Å². The number of allylic oxidation sites excluding steroid dienone is 1. The van der Waals surface area contributed by atoms with E-state index in [1.54, 1.807) is 0 Å². The Kier molecular flexibility index (Phi) is 3.25. The first-order valence-corrected chi connectivity index (χ1v) is 5.17. The zero-order valence-electron chi connectivity index (χ0n) is 9.76. The van der Waals surface area contributed by atoms with Crippen LogP contribution < -0.4 is 0 Å². The third-order valence-electron chi connectivity index (χ3n) is 2.43. The molecule has 1 atom stereocenters. The second kappa shape index (κ2) is 4.07. The fourth-order valence-electron chi connectivity index (χ4n) is 1.81. The Morgan fingerprint density at radius 3 is 2.21 bits per heavy atom. The van der Waals surface area contributed by atoms with Crippen molar-refractivity contribution in [3.8, 4) is 0 Å². The van der Waals surface area contributed by atoms with Crippen LogP contribution in [-0.2, 0) is 9.47 Å². The molecule has 0 bridgehead atoms. The van der Waals surface area contributed by atoms with Crippen molar-refractivity contribution in [2.45, 2.75) is 40.7 Å². The van der Waals surface area contributed by atoms with Crippen molar-refractivity contribution >= 4 is 0 Å². The molecule has 0 aliphatic carbocycles. The Balaban J connectivity index is 2.99. The van der Waals surface area contributed by atoms with Crippen LogP contribution in [-0.4, -0.2) is 6.10 Å². The Hall–Kier alpha value is -0.920. The topological polar surface area (TPSA) is 18.5 Å². The molecular formula is C12H20O2. The van der Waals surface area contributed by atoms with E-state index in [2.05, 4.69) is 41.2 Å². The second-order valence-corrected chi connectivity index (χ2v) is 4.46. The van der Waals surface area contributed by atoms with Gasteiger partial charge in [0, 0.05) is 11.5 Å². The normalized spacial score (nSPS) is 22.8. The van der Waals surface area contributed by atoms with Gasteiger partial charge in [0.25, 0.3) is 5.95 Å². The molecule has 0 radical (unpaired) electrons. The molecular weight excluding hydrogens is 176 g/mol. The average Bonchev–Trinajstić information content (AvgIpc) is 2.07. The minimum Gasteiger partial charge on any atom is -0.457 e. The molecule has 1 unspecified atom stereocenters. The van der Waals surface area contributed by atoms with Gasteiger partial charge in [0.05, 0.1) is 0 Å². The Labute approximate surface area is 86.6 Å². The quantitative estimate of drug-likeness (QED) is 0.673. The summed E-state index contributed by atoms with van der Waals surface area (Å²) in [7, 11) is 0. The van der Waals surface area contributed by atoms with Crippen LogP contribution in [0, 0.1) is 11.8 Å². The summed E-state index contributed by atoms with van der Waals surface area (Å²) in [5, 5.41) is 0. The molecule has 0 spiro atoms. The van der Waals surface area contributed by atoms with Gasteiger partial charge in [0.2, 0.25) is 0 Å². The first kappa shape index (κ1) is 11.2. The number of rotatable bonds is 2. The van der Waals surface area contributed by atoms with E-state index in [-0.39, 0.29) is 6.10 Å². The van der Waals surface area contributed by atoms with Crippen molar-refractivity contribution < 1.29 is 9.47 Å². The Bertz CT molecular complexity index is 261. The highest BCUT2D eigenvalue weighted by Crippen LogP contribution is 2.32. The zero-order valence-corrected chi connectivity index (χ0v) is 9.76. The Morgan fingerprint density at radius 2 is 1.79 bits per heavy atom. The highest BCUT2D eigenvalue weighted by Gasteiger charge is 2.28. The average molecular weight is 196 g/mol. The van der Waals surface area contributed by atoms with E-state index in [0.717, 1.165) is 5.76 Å². The standard InChI is InChI=1S/C12H20O2/c1-7(2)11-9(5)12(8(3)4)14-10(6)13-11/h7-8,11H,6H2,1-5H3. The molecule has 0 aromatic heterocycles. The lowest BCUT2D eigenvalue weighted by Gasteiger charge is -2.32. The fourth-order valence-corrected chi connectivity index (χ4v) is 1.81. The summed E-state index contributed by atoms with van der Waals surface area (Å²) in [6.07, 6.45) is 0.119. The van der Waals surface area contributed by atoms with E-state index in [4.69, 9.17) is 9.47 Å². The lowest BCUT2D eigenvalue weighted by atomic mass is 9.95. The van der Waals surface area contributed by atoms with E-state index < -0.39 is 0 Å². The molecule has 80 valence electrons. The highest BCUT2D eigenvalue weighted by atomic mass is 16.7. The molecule has 1 aliphatic heterocycles. The summed E-state index contributed by atoms with van der Waals surface area (Å²) in [5.74, 6) is 2.28. The predicted octanol–water partition coefficient (Wildman–Crippen LogP) is 3.46. The molecule has 0 saturated heterocycles. The molecule has 0 N–H and O–H groups in total. The van der Waals surface area contributed by atoms with Crippen molar-refractivity contribution in [1.82, 2.24) is 0 Å². The smallest absolute Gasteiger partial charge is 0.277 e. The molecule has 0 saturated carbocycles. The van der Waals surface area contributed by atoms with E-state index in [1.807, 2.05) is 0 Å². The van der Waals surface area contributed by atoms with E-state index in [1.165, 1.54) is 5.57 Å². The molecule has 0 aromatic carbocycles. The van der Waals surface area contributed by atoms with Gasteiger partial charge < -0.3 is 9.47 Å².